The lowest BCUT2D eigenvalue weighted by atomic mass is 10.1. The number of hydrogen-bond acceptors (Lipinski definition) is 3. The molecule has 22 heavy (non-hydrogen) atoms. The Morgan fingerprint density at radius 3 is 2.50 bits per heavy atom. The van der Waals surface area contributed by atoms with Crippen molar-refractivity contribution in [3.63, 3.8) is 0 Å². The van der Waals surface area contributed by atoms with Gasteiger partial charge in [-0.15, -0.1) is 0 Å². The quantitative estimate of drug-likeness (QED) is 0.504. The highest BCUT2D eigenvalue weighted by molar-refractivity contribution is 6.05. The number of nitrogens with two attached hydrogens (primary N) is 1. The van der Waals surface area contributed by atoms with Crippen LogP contribution >= 0.6 is 0 Å². The van der Waals surface area contributed by atoms with E-state index in [1.807, 2.05) is 49.4 Å². The van der Waals surface area contributed by atoms with Crippen LogP contribution in [0, 0.1) is 6.92 Å². The Hall–Kier alpha value is -2.82. The highest BCUT2D eigenvalue weighted by Gasteiger charge is 2.05. The molecule has 2 aromatic carbocycles. The van der Waals surface area contributed by atoms with E-state index < -0.39 is 0 Å². The number of carbonyl (C=O) groups excluding carboxylic acids is 1. The summed E-state index contributed by atoms with van der Waals surface area (Å²) in [7, 11) is 0. The third-order valence-corrected chi connectivity index (χ3v) is 2.94. The van der Waals surface area contributed by atoms with Crippen molar-refractivity contribution in [2.45, 2.75) is 6.92 Å². The van der Waals surface area contributed by atoms with Gasteiger partial charge in [0.25, 0.3) is 5.91 Å². The molecule has 5 heteroatoms. The fourth-order valence-corrected chi connectivity index (χ4v) is 1.78. The Bertz CT molecular complexity index is 637. The maximum Gasteiger partial charge on any atom is 0.257 e. The molecule has 0 aliphatic rings. The summed E-state index contributed by atoms with van der Waals surface area (Å²) in [6, 6.07) is 16.7. The zero-order valence-corrected chi connectivity index (χ0v) is 12.5. The second kappa shape index (κ2) is 7.83. The number of hydrogen-bond donors (Lipinski definition) is 2. The van der Waals surface area contributed by atoms with Gasteiger partial charge in [-0.2, -0.15) is 0 Å². The number of nitrogens with zero attached hydrogens (tertiary/aromatic N) is 1. The number of para-hydroxylation sites is 1. The first-order valence-electron chi connectivity index (χ1n) is 7.01. The van der Waals surface area contributed by atoms with Crippen molar-refractivity contribution in [3.05, 3.63) is 65.7 Å². The average molecular weight is 297 g/mol. The number of ether oxygens (including phenoxy) is 1. The van der Waals surface area contributed by atoms with Crippen LogP contribution in [0.3, 0.4) is 0 Å². The van der Waals surface area contributed by atoms with Gasteiger partial charge in [0.15, 0.2) is 5.96 Å². The van der Waals surface area contributed by atoms with Crippen molar-refractivity contribution in [2.24, 2.45) is 10.7 Å². The Morgan fingerprint density at radius 2 is 1.82 bits per heavy atom. The van der Waals surface area contributed by atoms with E-state index in [-0.39, 0.29) is 11.9 Å². The molecule has 2 aromatic rings. The molecule has 1 amide bonds. The van der Waals surface area contributed by atoms with E-state index >= 15 is 0 Å². The fourth-order valence-electron chi connectivity index (χ4n) is 1.78. The first-order valence-corrected chi connectivity index (χ1v) is 7.01. The summed E-state index contributed by atoms with van der Waals surface area (Å²) in [5, 5.41) is 2.55. The lowest BCUT2D eigenvalue weighted by Crippen LogP contribution is -2.37. The van der Waals surface area contributed by atoms with E-state index in [2.05, 4.69) is 10.3 Å². The van der Waals surface area contributed by atoms with Crippen LogP contribution in [0.15, 0.2) is 59.6 Å². The summed E-state index contributed by atoms with van der Waals surface area (Å²) in [6.45, 7) is 2.73. The standard InChI is InChI=1S/C17H19N3O2/c1-13-7-9-14(10-8-13)16(21)20-17(18)19-11-12-22-15-5-3-2-4-6-15/h2-10H,11-12H2,1H3,(H3,18,19,20,21). The number of amides is 1. The maximum absolute atomic E-state index is 11.9. The van der Waals surface area contributed by atoms with Crippen molar-refractivity contribution >= 4 is 11.9 Å². The number of aliphatic imine (C=N–C) groups is 1. The van der Waals surface area contributed by atoms with Crippen molar-refractivity contribution in [1.29, 1.82) is 0 Å². The van der Waals surface area contributed by atoms with Crippen molar-refractivity contribution < 1.29 is 9.53 Å². The number of carbonyl (C=O) groups is 1. The molecule has 0 saturated heterocycles. The number of aryl methyl sites for hydroxylation is 1. The zero-order chi connectivity index (χ0) is 15.8. The zero-order valence-electron chi connectivity index (χ0n) is 12.5. The fraction of sp³-hybridized carbons (Fsp3) is 0.176. The van der Waals surface area contributed by atoms with Gasteiger partial charge in [-0.1, -0.05) is 35.9 Å². The molecule has 0 aliphatic carbocycles. The molecule has 0 heterocycles. The van der Waals surface area contributed by atoms with E-state index in [1.165, 1.54) is 0 Å². The Balaban J connectivity index is 1.77. The van der Waals surface area contributed by atoms with Gasteiger partial charge in [0.2, 0.25) is 0 Å². The van der Waals surface area contributed by atoms with E-state index in [0.717, 1.165) is 11.3 Å². The topological polar surface area (TPSA) is 76.7 Å². The third kappa shape index (κ3) is 4.94. The molecule has 0 spiro atoms. The predicted octanol–water partition coefficient (Wildman–Crippen LogP) is 2.12. The van der Waals surface area contributed by atoms with Gasteiger partial charge in [-0.05, 0) is 31.2 Å². The van der Waals surface area contributed by atoms with Crippen LogP contribution in [0.2, 0.25) is 0 Å². The van der Waals surface area contributed by atoms with E-state index in [0.29, 0.717) is 18.7 Å². The molecule has 0 atom stereocenters. The van der Waals surface area contributed by atoms with Crippen LogP contribution in [0.25, 0.3) is 0 Å². The van der Waals surface area contributed by atoms with Crippen molar-refractivity contribution in [2.75, 3.05) is 13.2 Å². The second-order valence-electron chi connectivity index (χ2n) is 4.75. The molecule has 0 aromatic heterocycles. The third-order valence-electron chi connectivity index (χ3n) is 2.94. The van der Waals surface area contributed by atoms with Gasteiger partial charge in [-0.3, -0.25) is 10.1 Å². The molecule has 0 radical (unpaired) electrons. The Kier molecular flexibility index (Phi) is 5.54. The summed E-state index contributed by atoms with van der Waals surface area (Å²) in [6.07, 6.45) is 0. The van der Waals surface area contributed by atoms with Gasteiger partial charge < -0.3 is 10.5 Å². The van der Waals surface area contributed by atoms with E-state index in [1.54, 1.807) is 12.1 Å². The molecule has 0 unspecified atom stereocenters. The van der Waals surface area contributed by atoms with Crippen LogP contribution in [-0.4, -0.2) is 25.0 Å². The van der Waals surface area contributed by atoms with Crippen molar-refractivity contribution in [3.8, 4) is 5.75 Å². The minimum atomic E-state index is -0.273. The lowest BCUT2D eigenvalue weighted by Gasteiger charge is -2.06. The Morgan fingerprint density at radius 1 is 1.14 bits per heavy atom. The van der Waals surface area contributed by atoms with Gasteiger partial charge in [0.1, 0.15) is 12.4 Å². The molecular weight excluding hydrogens is 278 g/mol. The van der Waals surface area contributed by atoms with Crippen LogP contribution < -0.4 is 15.8 Å². The minimum absolute atomic E-state index is 0.0854. The van der Waals surface area contributed by atoms with Crippen LogP contribution in [0.5, 0.6) is 5.75 Å². The normalized spacial score (nSPS) is 11.0. The molecule has 0 aliphatic heterocycles. The highest BCUT2D eigenvalue weighted by Crippen LogP contribution is 2.07. The molecule has 0 fully saturated rings. The average Bonchev–Trinajstić information content (AvgIpc) is 2.53. The number of guanidine groups is 1. The van der Waals surface area contributed by atoms with Gasteiger partial charge in [-0.25, -0.2) is 4.99 Å². The first-order chi connectivity index (χ1) is 10.6. The molecule has 2 rings (SSSR count). The SMILES string of the molecule is Cc1ccc(C(=O)NC(N)=NCCOc2ccccc2)cc1. The molecule has 0 saturated carbocycles. The molecule has 3 N–H and O–H groups in total. The molecule has 5 nitrogen and oxygen atoms in total. The van der Waals surface area contributed by atoms with E-state index in [4.69, 9.17) is 10.5 Å². The van der Waals surface area contributed by atoms with Gasteiger partial charge in [0, 0.05) is 5.56 Å². The summed E-state index contributed by atoms with van der Waals surface area (Å²) in [4.78, 5) is 16.0. The second-order valence-corrected chi connectivity index (χ2v) is 4.75. The predicted molar refractivity (Wildman–Crippen MR) is 87.1 cm³/mol. The van der Waals surface area contributed by atoms with Gasteiger partial charge in [0.05, 0.1) is 6.54 Å². The summed E-state index contributed by atoms with van der Waals surface area (Å²) in [5.41, 5.74) is 7.32. The molecule has 114 valence electrons. The van der Waals surface area contributed by atoms with Crippen molar-refractivity contribution in [1.82, 2.24) is 5.32 Å². The summed E-state index contributed by atoms with van der Waals surface area (Å²) < 4.78 is 5.48. The maximum atomic E-state index is 11.9. The van der Waals surface area contributed by atoms with E-state index in [9.17, 15) is 4.79 Å². The Labute approximate surface area is 129 Å². The smallest absolute Gasteiger partial charge is 0.257 e. The van der Waals surface area contributed by atoms with Crippen LogP contribution in [-0.2, 0) is 0 Å². The lowest BCUT2D eigenvalue weighted by molar-refractivity contribution is 0.0976. The number of rotatable bonds is 5. The van der Waals surface area contributed by atoms with Crippen LogP contribution in [0.4, 0.5) is 0 Å². The molecule has 0 bridgehead atoms. The summed E-state index contributed by atoms with van der Waals surface area (Å²) in [5.74, 6) is 0.590. The first kappa shape index (κ1) is 15.6. The molecular formula is C17H19N3O2. The largest absolute Gasteiger partial charge is 0.492 e. The summed E-state index contributed by atoms with van der Waals surface area (Å²) >= 11 is 0. The van der Waals surface area contributed by atoms with Gasteiger partial charge >= 0.3 is 0 Å². The minimum Gasteiger partial charge on any atom is -0.492 e. The van der Waals surface area contributed by atoms with Crippen LogP contribution in [0.1, 0.15) is 15.9 Å². The monoisotopic (exact) mass is 297 g/mol. The number of nitrogens with one attached hydrogen (secondary N) is 1. The highest BCUT2D eigenvalue weighted by atomic mass is 16.5. The number of benzene rings is 2.